The first-order valence-electron chi connectivity index (χ1n) is 7.48. The van der Waals surface area contributed by atoms with Crippen LogP contribution >= 0.6 is 0 Å². The highest BCUT2D eigenvalue weighted by molar-refractivity contribution is 6.03. The van der Waals surface area contributed by atoms with E-state index in [1.807, 2.05) is 0 Å². The van der Waals surface area contributed by atoms with Gasteiger partial charge in [-0.05, 0) is 18.2 Å². The summed E-state index contributed by atoms with van der Waals surface area (Å²) in [7, 11) is 0. The van der Waals surface area contributed by atoms with Crippen LogP contribution in [-0.4, -0.2) is 44.5 Å². The van der Waals surface area contributed by atoms with E-state index in [1.165, 1.54) is 16.8 Å². The van der Waals surface area contributed by atoms with Crippen molar-refractivity contribution < 1.29 is 19.7 Å². The van der Waals surface area contributed by atoms with Crippen molar-refractivity contribution in [1.82, 2.24) is 9.55 Å². The molecule has 1 saturated heterocycles. The quantitative estimate of drug-likeness (QED) is 0.734. The molecule has 0 saturated carbocycles. The number of amides is 1. The Balaban J connectivity index is 1.74. The standard InChI is InChI=1S/C16H17N3O5/c20-9-12-11(21)8-14(24-12)19-7-6-13(18-16(19)23)17-15(22)10-4-2-1-3-5-10/h1-7,11-12,14,20-21H,8-9H2,(H,17,18,22,23)/t11-,12+,14-/m0/s1. The number of nitrogens with one attached hydrogen (secondary N) is 1. The average molecular weight is 331 g/mol. The first kappa shape index (κ1) is 16.3. The summed E-state index contributed by atoms with van der Waals surface area (Å²) in [6.45, 7) is -0.328. The number of carbonyl (C=O) groups is 1. The zero-order chi connectivity index (χ0) is 17.1. The molecule has 3 N–H and O–H groups in total. The third-order valence-corrected chi connectivity index (χ3v) is 3.80. The van der Waals surface area contributed by atoms with Gasteiger partial charge in [0.25, 0.3) is 5.91 Å². The Morgan fingerprint density at radius 2 is 2.08 bits per heavy atom. The van der Waals surface area contributed by atoms with E-state index in [1.54, 1.807) is 30.3 Å². The fourth-order valence-corrected chi connectivity index (χ4v) is 2.53. The molecule has 8 nitrogen and oxygen atoms in total. The first-order chi connectivity index (χ1) is 11.6. The fraction of sp³-hybridized carbons (Fsp3) is 0.312. The second kappa shape index (κ2) is 6.91. The lowest BCUT2D eigenvalue weighted by atomic mass is 10.2. The monoisotopic (exact) mass is 331 g/mol. The van der Waals surface area contributed by atoms with Gasteiger partial charge in [0, 0.05) is 18.2 Å². The molecular formula is C16H17N3O5. The van der Waals surface area contributed by atoms with Crippen molar-refractivity contribution in [3.05, 3.63) is 58.6 Å². The zero-order valence-corrected chi connectivity index (χ0v) is 12.7. The number of ether oxygens (including phenoxy) is 1. The summed E-state index contributed by atoms with van der Waals surface area (Å²) in [6.07, 6.45) is -0.643. The first-order valence-corrected chi connectivity index (χ1v) is 7.48. The molecule has 1 aromatic heterocycles. The molecule has 8 heteroatoms. The number of aliphatic hydroxyl groups excluding tert-OH is 2. The number of hydrogen-bond acceptors (Lipinski definition) is 6. The van der Waals surface area contributed by atoms with Crippen molar-refractivity contribution in [2.24, 2.45) is 0 Å². The molecule has 3 rings (SSSR count). The second-order valence-corrected chi connectivity index (χ2v) is 5.44. The maximum absolute atomic E-state index is 12.1. The fourth-order valence-electron chi connectivity index (χ4n) is 2.53. The van der Waals surface area contributed by atoms with E-state index in [2.05, 4.69) is 10.3 Å². The van der Waals surface area contributed by atoms with E-state index in [-0.39, 0.29) is 24.8 Å². The van der Waals surface area contributed by atoms with E-state index < -0.39 is 24.1 Å². The molecule has 24 heavy (non-hydrogen) atoms. The third kappa shape index (κ3) is 3.35. The number of aliphatic hydroxyl groups is 2. The Morgan fingerprint density at radius 1 is 1.33 bits per heavy atom. The average Bonchev–Trinajstić information content (AvgIpc) is 2.96. The Labute approximate surface area is 137 Å². The van der Waals surface area contributed by atoms with Gasteiger partial charge in [-0.1, -0.05) is 18.2 Å². The maximum atomic E-state index is 12.1. The summed E-state index contributed by atoms with van der Waals surface area (Å²) in [5, 5.41) is 21.4. The minimum absolute atomic E-state index is 0.127. The van der Waals surface area contributed by atoms with E-state index in [4.69, 9.17) is 9.84 Å². The second-order valence-electron chi connectivity index (χ2n) is 5.44. The van der Waals surface area contributed by atoms with Crippen molar-refractivity contribution in [2.45, 2.75) is 24.9 Å². The summed E-state index contributed by atoms with van der Waals surface area (Å²) in [5.41, 5.74) is -0.159. The molecule has 1 aliphatic rings. The van der Waals surface area contributed by atoms with Gasteiger partial charge >= 0.3 is 5.69 Å². The molecule has 0 radical (unpaired) electrons. The van der Waals surface area contributed by atoms with Crippen molar-refractivity contribution in [3.63, 3.8) is 0 Å². The Bertz CT molecular complexity index is 777. The molecule has 1 aromatic carbocycles. The van der Waals surface area contributed by atoms with Gasteiger partial charge in [-0.25, -0.2) is 4.79 Å². The lowest BCUT2D eigenvalue weighted by molar-refractivity contribution is -0.0458. The van der Waals surface area contributed by atoms with Crippen LogP contribution in [0.4, 0.5) is 5.82 Å². The highest BCUT2D eigenvalue weighted by Crippen LogP contribution is 2.27. The summed E-state index contributed by atoms with van der Waals surface area (Å²) >= 11 is 0. The minimum atomic E-state index is -0.843. The summed E-state index contributed by atoms with van der Waals surface area (Å²) in [5.74, 6) is -0.240. The molecule has 2 heterocycles. The molecule has 1 amide bonds. The van der Waals surface area contributed by atoms with Gasteiger partial charge in [0.05, 0.1) is 12.7 Å². The lowest BCUT2D eigenvalue weighted by Crippen LogP contribution is -2.28. The van der Waals surface area contributed by atoms with Crippen LogP contribution in [0.2, 0.25) is 0 Å². The third-order valence-electron chi connectivity index (χ3n) is 3.80. The summed E-state index contributed by atoms with van der Waals surface area (Å²) < 4.78 is 6.63. The van der Waals surface area contributed by atoms with Gasteiger partial charge in [0.2, 0.25) is 0 Å². The number of carbonyl (C=O) groups excluding carboxylic acids is 1. The van der Waals surface area contributed by atoms with Crippen LogP contribution in [-0.2, 0) is 4.74 Å². The predicted octanol–water partition coefficient (Wildman–Crippen LogP) is 0.136. The van der Waals surface area contributed by atoms with Crippen LogP contribution in [0.3, 0.4) is 0 Å². The molecule has 0 bridgehead atoms. The van der Waals surface area contributed by atoms with Gasteiger partial charge in [0.15, 0.2) is 0 Å². The van der Waals surface area contributed by atoms with Crippen LogP contribution in [0.15, 0.2) is 47.4 Å². The van der Waals surface area contributed by atoms with Crippen molar-refractivity contribution in [3.8, 4) is 0 Å². The van der Waals surface area contributed by atoms with E-state index in [9.17, 15) is 14.7 Å². The molecule has 2 aromatic rings. The number of anilines is 1. The van der Waals surface area contributed by atoms with Crippen LogP contribution in [0.1, 0.15) is 23.0 Å². The molecule has 0 spiro atoms. The van der Waals surface area contributed by atoms with Crippen molar-refractivity contribution in [1.29, 1.82) is 0 Å². The number of nitrogens with zero attached hydrogens (tertiary/aromatic N) is 2. The normalized spacial score (nSPS) is 23.2. The maximum Gasteiger partial charge on any atom is 0.351 e. The van der Waals surface area contributed by atoms with E-state index in [0.717, 1.165) is 0 Å². The zero-order valence-electron chi connectivity index (χ0n) is 12.7. The number of rotatable bonds is 4. The molecule has 126 valence electrons. The predicted molar refractivity (Wildman–Crippen MR) is 84.5 cm³/mol. The molecule has 0 aliphatic carbocycles. The van der Waals surface area contributed by atoms with Crippen molar-refractivity contribution in [2.75, 3.05) is 11.9 Å². The molecule has 3 atom stereocenters. The van der Waals surface area contributed by atoms with Crippen molar-refractivity contribution >= 4 is 11.7 Å². The number of hydrogen-bond donors (Lipinski definition) is 3. The van der Waals surface area contributed by atoms with Crippen LogP contribution in [0.25, 0.3) is 0 Å². The molecular weight excluding hydrogens is 314 g/mol. The van der Waals surface area contributed by atoms with E-state index in [0.29, 0.717) is 5.56 Å². The van der Waals surface area contributed by atoms with Crippen LogP contribution in [0.5, 0.6) is 0 Å². The highest BCUT2D eigenvalue weighted by Gasteiger charge is 2.34. The Hall–Kier alpha value is -2.55. The Kier molecular flexibility index (Phi) is 4.70. The van der Waals surface area contributed by atoms with Gasteiger partial charge in [-0.15, -0.1) is 0 Å². The number of benzene rings is 1. The van der Waals surface area contributed by atoms with Crippen LogP contribution in [0, 0.1) is 0 Å². The molecule has 1 aliphatic heterocycles. The molecule has 0 unspecified atom stereocenters. The topological polar surface area (TPSA) is 114 Å². The Morgan fingerprint density at radius 3 is 2.71 bits per heavy atom. The van der Waals surface area contributed by atoms with Gasteiger partial charge in [-0.2, -0.15) is 4.98 Å². The summed E-state index contributed by atoms with van der Waals surface area (Å²) in [6, 6.07) is 10.1. The number of aromatic nitrogens is 2. The van der Waals surface area contributed by atoms with Gasteiger partial charge in [-0.3, -0.25) is 9.36 Å². The van der Waals surface area contributed by atoms with Crippen LogP contribution < -0.4 is 11.0 Å². The smallest absolute Gasteiger partial charge is 0.351 e. The largest absolute Gasteiger partial charge is 0.394 e. The molecule has 1 fully saturated rings. The highest BCUT2D eigenvalue weighted by atomic mass is 16.5. The van der Waals surface area contributed by atoms with Gasteiger partial charge in [0.1, 0.15) is 18.1 Å². The summed E-state index contributed by atoms with van der Waals surface area (Å²) in [4.78, 5) is 28.0. The van der Waals surface area contributed by atoms with Gasteiger partial charge < -0.3 is 20.3 Å². The lowest BCUT2D eigenvalue weighted by Gasteiger charge is -2.14. The minimum Gasteiger partial charge on any atom is -0.394 e. The van der Waals surface area contributed by atoms with E-state index >= 15 is 0 Å². The SMILES string of the molecule is O=C(Nc1ccn([C@@H]2C[C@H](O)[C@@H](CO)O2)c(=O)n1)c1ccccc1.